The Morgan fingerprint density at radius 2 is 1.81 bits per heavy atom. The Kier molecular flexibility index (Phi) is 5.22. The van der Waals surface area contributed by atoms with Gasteiger partial charge in [-0.05, 0) is 32.0 Å². The first-order chi connectivity index (χ1) is 12.5. The van der Waals surface area contributed by atoms with Crippen LogP contribution in [0.15, 0.2) is 54.7 Å². The van der Waals surface area contributed by atoms with E-state index in [1.807, 2.05) is 31.2 Å². The van der Waals surface area contributed by atoms with Crippen LogP contribution in [0.2, 0.25) is 0 Å². The number of rotatable bonds is 5. The third kappa shape index (κ3) is 4.22. The van der Waals surface area contributed by atoms with E-state index in [9.17, 15) is 9.18 Å². The maximum absolute atomic E-state index is 13.6. The number of benzene rings is 2. The summed E-state index contributed by atoms with van der Waals surface area (Å²) in [6, 6.07) is 14.0. The maximum atomic E-state index is 13.6. The molecular weight excluding hydrogens is 331 g/mol. The molecule has 1 amide bonds. The summed E-state index contributed by atoms with van der Waals surface area (Å²) in [5.41, 5.74) is 3.28. The van der Waals surface area contributed by atoms with Crippen molar-refractivity contribution in [3.05, 3.63) is 82.9 Å². The summed E-state index contributed by atoms with van der Waals surface area (Å²) in [5.74, 6) is -0.213. The zero-order chi connectivity index (χ0) is 18.5. The van der Waals surface area contributed by atoms with Crippen LogP contribution in [-0.2, 0) is 6.54 Å². The van der Waals surface area contributed by atoms with E-state index in [1.54, 1.807) is 25.1 Å². The van der Waals surface area contributed by atoms with Crippen LogP contribution in [0.25, 0.3) is 0 Å². The topological polar surface area (TPSA) is 66.9 Å². The second kappa shape index (κ2) is 7.74. The minimum absolute atomic E-state index is 0.265. The minimum atomic E-state index is -0.286. The number of hydrogen-bond acceptors (Lipinski definition) is 4. The Labute approximate surface area is 151 Å². The van der Waals surface area contributed by atoms with Gasteiger partial charge in [0.1, 0.15) is 5.82 Å². The molecule has 2 aromatic carbocycles. The van der Waals surface area contributed by atoms with E-state index in [-0.39, 0.29) is 18.3 Å². The van der Waals surface area contributed by atoms with Crippen molar-refractivity contribution in [2.75, 3.05) is 10.6 Å². The fraction of sp³-hybridized carbons (Fsp3) is 0.150. The van der Waals surface area contributed by atoms with Gasteiger partial charge in [-0.25, -0.2) is 14.4 Å². The van der Waals surface area contributed by atoms with Crippen LogP contribution in [0.4, 0.5) is 16.0 Å². The molecule has 1 heterocycles. The molecule has 5 nitrogen and oxygen atoms in total. The Hall–Kier alpha value is -3.28. The molecule has 3 rings (SSSR count). The number of nitrogens with one attached hydrogen (secondary N) is 2. The number of hydrogen-bond donors (Lipinski definition) is 2. The molecule has 6 heteroatoms. The van der Waals surface area contributed by atoms with Crippen LogP contribution in [0, 0.1) is 19.7 Å². The molecule has 0 saturated heterocycles. The van der Waals surface area contributed by atoms with Gasteiger partial charge in [0, 0.05) is 24.0 Å². The second-order valence-electron chi connectivity index (χ2n) is 5.96. The second-order valence-corrected chi connectivity index (χ2v) is 5.96. The van der Waals surface area contributed by atoms with E-state index in [2.05, 4.69) is 20.6 Å². The number of aryl methyl sites for hydroxylation is 2. The van der Waals surface area contributed by atoms with Crippen LogP contribution < -0.4 is 10.6 Å². The minimum Gasteiger partial charge on any atom is -0.350 e. The Balaban J connectivity index is 1.67. The van der Waals surface area contributed by atoms with E-state index >= 15 is 0 Å². The summed E-state index contributed by atoms with van der Waals surface area (Å²) in [4.78, 5) is 20.8. The predicted molar refractivity (Wildman–Crippen MR) is 99.6 cm³/mol. The van der Waals surface area contributed by atoms with Gasteiger partial charge in [-0.3, -0.25) is 4.79 Å². The van der Waals surface area contributed by atoms with E-state index in [0.717, 1.165) is 5.56 Å². The molecule has 0 saturated carbocycles. The highest BCUT2D eigenvalue weighted by Gasteiger charge is 2.12. The third-order valence-electron chi connectivity index (χ3n) is 3.93. The van der Waals surface area contributed by atoms with Gasteiger partial charge in [-0.2, -0.15) is 0 Å². The molecule has 0 aliphatic rings. The van der Waals surface area contributed by atoms with Gasteiger partial charge >= 0.3 is 0 Å². The summed E-state index contributed by atoms with van der Waals surface area (Å²) >= 11 is 0. The molecule has 0 spiro atoms. The molecule has 0 bridgehead atoms. The summed E-state index contributed by atoms with van der Waals surface area (Å²) < 4.78 is 13.6. The lowest BCUT2D eigenvalue weighted by atomic mass is 10.2. The monoisotopic (exact) mass is 350 g/mol. The van der Waals surface area contributed by atoms with Gasteiger partial charge in [-0.15, -0.1) is 0 Å². The number of anilines is 2. The molecule has 0 radical (unpaired) electrons. The largest absolute Gasteiger partial charge is 0.350 e. The van der Waals surface area contributed by atoms with Crippen molar-refractivity contribution in [3.8, 4) is 0 Å². The van der Waals surface area contributed by atoms with E-state index in [0.29, 0.717) is 28.5 Å². The summed E-state index contributed by atoms with van der Waals surface area (Å²) in [7, 11) is 0. The smallest absolute Gasteiger partial charge is 0.259 e. The van der Waals surface area contributed by atoms with Crippen molar-refractivity contribution in [3.63, 3.8) is 0 Å². The van der Waals surface area contributed by atoms with Gasteiger partial charge in [0.25, 0.3) is 5.91 Å². The standard InChI is InChI=1S/C20H19FN4O/c1-13-7-9-16(10-8-13)25-19(26)17-12-23-20(24-14(17)2)22-11-15-5-3-4-6-18(15)21/h3-10,12H,11H2,1-2H3,(H,25,26)(H,22,23,24). The molecule has 1 aromatic heterocycles. The van der Waals surface area contributed by atoms with Crippen molar-refractivity contribution < 1.29 is 9.18 Å². The van der Waals surface area contributed by atoms with Crippen LogP contribution in [0.1, 0.15) is 27.2 Å². The molecule has 3 aromatic rings. The molecule has 0 atom stereocenters. The van der Waals surface area contributed by atoms with Crippen LogP contribution in [-0.4, -0.2) is 15.9 Å². The van der Waals surface area contributed by atoms with Gasteiger partial charge < -0.3 is 10.6 Å². The number of nitrogens with zero attached hydrogens (tertiary/aromatic N) is 2. The molecule has 0 aliphatic heterocycles. The molecule has 0 aliphatic carbocycles. The van der Waals surface area contributed by atoms with Gasteiger partial charge in [0.05, 0.1) is 11.3 Å². The van der Waals surface area contributed by atoms with Crippen molar-refractivity contribution in [2.45, 2.75) is 20.4 Å². The lowest BCUT2D eigenvalue weighted by Gasteiger charge is -2.10. The zero-order valence-corrected chi connectivity index (χ0v) is 14.6. The quantitative estimate of drug-likeness (QED) is 0.727. The van der Waals surface area contributed by atoms with E-state index in [1.165, 1.54) is 12.3 Å². The average molecular weight is 350 g/mol. The Morgan fingerprint density at radius 3 is 2.50 bits per heavy atom. The molecule has 132 valence electrons. The fourth-order valence-corrected chi connectivity index (χ4v) is 2.43. The normalized spacial score (nSPS) is 10.4. The van der Waals surface area contributed by atoms with Crippen LogP contribution in [0.3, 0.4) is 0 Å². The highest BCUT2D eigenvalue weighted by molar-refractivity contribution is 6.04. The molecule has 26 heavy (non-hydrogen) atoms. The number of amides is 1. The predicted octanol–water partition coefficient (Wildman–Crippen LogP) is 4.10. The van der Waals surface area contributed by atoms with Crippen LogP contribution in [0.5, 0.6) is 0 Å². The van der Waals surface area contributed by atoms with Crippen molar-refractivity contribution in [2.24, 2.45) is 0 Å². The first-order valence-electron chi connectivity index (χ1n) is 8.22. The molecule has 0 unspecified atom stereocenters. The summed E-state index contributed by atoms with van der Waals surface area (Å²) in [6.45, 7) is 3.98. The number of carbonyl (C=O) groups excluding carboxylic acids is 1. The lowest BCUT2D eigenvalue weighted by Crippen LogP contribution is -2.16. The molecule has 0 fully saturated rings. The van der Waals surface area contributed by atoms with Crippen molar-refractivity contribution in [1.82, 2.24) is 9.97 Å². The highest BCUT2D eigenvalue weighted by atomic mass is 19.1. The highest BCUT2D eigenvalue weighted by Crippen LogP contribution is 2.14. The third-order valence-corrected chi connectivity index (χ3v) is 3.93. The average Bonchev–Trinajstić information content (AvgIpc) is 2.63. The zero-order valence-electron chi connectivity index (χ0n) is 14.6. The summed E-state index contributed by atoms with van der Waals surface area (Å²) in [5, 5.41) is 5.79. The number of halogens is 1. The van der Waals surface area contributed by atoms with E-state index in [4.69, 9.17) is 0 Å². The SMILES string of the molecule is Cc1ccc(NC(=O)c2cnc(NCc3ccccc3F)nc2C)cc1. The van der Waals surface area contributed by atoms with Gasteiger partial charge in [0.15, 0.2) is 0 Å². The lowest BCUT2D eigenvalue weighted by molar-refractivity contribution is 0.102. The number of aromatic nitrogens is 2. The van der Waals surface area contributed by atoms with Gasteiger partial charge in [-0.1, -0.05) is 35.9 Å². The molecule has 2 N–H and O–H groups in total. The fourth-order valence-electron chi connectivity index (χ4n) is 2.43. The van der Waals surface area contributed by atoms with Crippen molar-refractivity contribution >= 4 is 17.5 Å². The van der Waals surface area contributed by atoms with Crippen LogP contribution >= 0.6 is 0 Å². The first-order valence-corrected chi connectivity index (χ1v) is 8.22. The Bertz CT molecular complexity index is 925. The maximum Gasteiger partial charge on any atom is 0.259 e. The van der Waals surface area contributed by atoms with Crippen molar-refractivity contribution in [1.29, 1.82) is 0 Å². The van der Waals surface area contributed by atoms with Gasteiger partial charge in [0.2, 0.25) is 5.95 Å². The first kappa shape index (κ1) is 17.5. The Morgan fingerprint density at radius 1 is 1.08 bits per heavy atom. The summed E-state index contributed by atoms with van der Waals surface area (Å²) in [6.07, 6.45) is 1.47. The number of carbonyl (C=O) groups is 1. The molecular formula is C20H19FN4O. The van der Waals surface area contributed by atoms with E-state index < -0.39 is 0 Å².